The van der Waals surface area contributed by atoms with Crippen LogP contribution >= 0.6 is 0 Å². The number of benzene rings is 2. The monoisotopic (exact) mass is 393 g/mol. The number of fused-ring (bicyclic) bond motifs is 1. The van der Waals surface area contributed by atoms with Gasteiger partial charge >= 0.3 is 11.9 Å². The number of ether oxygens (including phenoxy) is 3. The largest absolute Gasteiger partial charge is 0.496 e. The maximum absolute atomic E-state index is 11.8. The maximum Gasteiger partial charge on any atom is 0.337 e. The van der Waals surface area contributed by atoms with Crippen molar-refractivity contribution in [3.63, 3.8) is 0 Å². The Morgan fingerprint density at radius 1 is 1.17 bits per heavy atom. The summed E-state index contributed by atoms with van der Waals surface area (Å²) in [5.41, 5.74) is 4.70. The zero-order chi connectivity index (χ0) is 20.5. The first-order chi connectivity index (χ1) is 14.0. The predicted molar refractivity (Wildman–Crippen MR) is 108 cm³/mol. The number of methoxy groups -OCH3 is 2. The molecule has 3 aromatic rings. The Morgan fingerprint density at radius 2 is 2.00 bits per heavy atom. The zero-order valence-electron chi connectivity index (χ0n) is 16.7. The Bertz CT molecular complexity index is 1100. The van der Waals surface area contributed by atoms with Crippen LogP contribution in [-0.2, 0) is 27.7 Å². The van der Waals surface area contributed by atoms with E-state index in [0.29, 0.717) is 24.2 Å². The van der Waals surface area contributed by atoms with Gasteiger partial charge < -0.3 is 18.8 Å². The van der Waals surface area contributed by atoms with Crippen molar-refractivity contribution in [3.8, 4) is 5.75 Å². The van der Waals surface area contributed by atoms with Gasteiger partial charge in [-0.1, -0.05) is 12.1 Å². The quantitative estimate of drug-likeness (QED) is 0.614. The van der Waals surface area contributed by atoms with Crippen molar-refractivity contribution >= 4 is 22.8 Å². The van der Waals surface area contributed by atoms with E-state index >= 15 is 0 Å². The van der Waals surface area contributed by atoms with Crippen LogP contribution in [-0.4, -0.2) is 30.7 Å². The third-order valence-electron chi connectivity index (χ3n) is 5.44. The van der Waals surface area contributed by atoms with Crippen molar-refractivity contribution < 1.29 is 23.8 Å². The summed E-state index contributed by atoms with van der Waals surface area (Å²) in [5, 5.41) is 1.12. The first kappa shape index (κ1) is 19.1. The van der Waals surface area contributed by atoms with Crippen molar-refractivity contribution in [2.75, 3.05) is 14.2 Å². The van der Waals surface area contributed by atoms with E-state index in [0.717, 1.165) is 34.0 Å². The van der Waals surface area contributed by atoms with E-state index in [1.807, 2.05) is 19.2 Å². The molecule has 6 heteroatoms. The molecule has 0 saturated carbocycles. The van der Waals surface area contributed by atoms with Crippen molar-refractivity contribution in [2.45, 2.75) is 25.4 Å². The molecule has 2 heterocycles. The van der Waals surface area contributed by atoms with Gasteiger partial charge in [-0.2, -0.15) is 0 Å². The van der Waals surface area contributed by atoms with Gasteiger partial charge in [-0.3, -0.25) is 4.79 Å². The number of aromatic nitrogens is 1. The van der Waals surface area contributed by atoms with Crippen LogP contribution < -0.4 is 4.74 Å². The number of cyclic esters (lactones) is 1. The third-order valence-corrected chi connectivity index (χ3v) is 5.44. The molecule has 1 aliphatic heterocycles. The molecule has 6 nitrogen and oxygen atoms in total. The van der Waals surface area contributed by atoms with E-state index in [-0.39, 0.29) is 12.1 Å². The summed E-state index contributed by atoms with van der Waals surface area (Å²) in [6.45, 7) is 0. The lowest BCUT2D eigenvalue weighted by Crippen LogP contribution is -2.03. The highest BCUT2D eigenvalue weighted by Gasteiger charge is 2.25. The van der Waals surface area contributed by atoms with E-state index in [1.165, 1.54) is 7.11 Å². The van der Waals surface area contributed by atoms with Gasteiger partial charge in [0, 0.05) is 37.0 Å². The smallest absolute Gasteiger partial charge is 0.337 e. The zero-order valence-corrected chi connectivity index (χ0v) is 16.7. The first-order valence-electron chi connectivity index (χ1n) is 9.52. The van der Waals surface area contributed by atoms with Gasteiger partial charge in [0.25, 0.3) is 0 Å². The minimum absolute atomic E-state index is 0.140. The Balaban J connectivity index is 1.70. The highest BCUT2D eigenvalue weighted by molar-refractivity contribution is 5.90. The highest BCUT2D eigenvalue weighted by Crippen LogP contribution is 2.34. The lowest BCUT2D eigenvalue weighted by Gasteiger charge is -2.11. The van der Waals surface area contributed by atoms with Crippen LogP contribution in [0.25, 0.3) is 10.9 Å². The molecule has 1 aromatic heterocycles. The molecule has 1 saturated heterocycles. The number of aryl methyl sites for hydroxylation is 1. The van der Waals surface area contributed by atoms with E-state index in [4.69, 9.17) is 14.2 Å². The maximum atomic E-state index is 11.8. The van der Waals surface area contributed by atoms with Gasteiger partial charge in [-0.25, -0.2) is 4.79 Å². The standard InChI is InChI=1S/C23H23NO5/c1-24-13-17(10-14-4-5-16(23(26)28-3)12-21(14)27-2)18-11-15(6-7-19(18)24)20-8-9-22(25)29-20/h4-7,11-13,20H,8-10H2,1-3H3. The van der Waals surface area contributed by atoms with E-state index < -0.39 is 5.97 Å². The summed E-state index contributed by atoms with van der Waals surface area (Å²) in [6.07, 6.45) is 3.76. The SMILES string of the molecule is COC(=O)c1ccc(Cc2cn(C)c3ccc(C4CCC(=O)O4)cc23)c(OC)c1. The fourth-order valence-electron chi connectivity index (χ4n) is 3.93. The van der Waals surface area contributed by atoms with Crippen LogP contribution in [0.3, 0.4) is 0 Å². The number of esters is 2. The topological polar surface area (TPSA) is 66.8 Å². The molecule has 29 heavy (non-hydrogen) atoms. The summed E-state index contributed by atoms with van der Waals surface area (Å²) in [7, 11) is 4.96. The molecule has 0 bridgehead atoms. The Labute approximate surface area is 169 Å². The Kier molecular flexibility index (Phi) is 5.01. The first-order valence-corrected chi connectivity index (χ1v) is 9.52. The Morgan fingerprint density at radius 3 is 2.69 bits per heavy atom. The predicted octanol–water partition coefficient (Wildman–Crippen LogP) is 3.94. The Hall–Kier alpha value is -3.28. The average Bonchev–Trinajstić information content (AvgIpc) is 3.31. The van der Waals surface area contributed by atoms with E-state index in [2.05, 4.69) is 22.9 Å². The molecule has 150 valence electrons. The van der Waals surface area contributed by atoms with Gasteiger partial charge in [0.2, 0.25) is 0 Å². The van der Waals surface area contributed by atoms with Crippen LogP contribution in [0.4, 0.5) is 0 Å². The van der Waals surface area contributed by atoms with E-state index in [1.54, 1.807) is 19.2 Å². The number of rotatable bonds is 5. The number of hydrogen-bond donors (Lipinski definition) is 0. The fourth-order valence-corrected chi connectivity index (χ4v) is 3.93. The highest BCUT2D eigenvalue weighted by atomic mass is 16.5. The van der Waals surface area contributed by atoms with Crippen LogP contribution in [0.15, 0.2) is 42.6 Å². The van der Waals surface area contributed by atoms with Gasteiger partial charge in [0.1, 0.15) is 11.9 Å². The molecule has 0 spiro atoms. The van der Waals surface area contributed by atoms with Crippen molar-refractivity contribution in [1.29, 1.82) is 0 Å². The molecule has 0 N–H and O–H groups in total. The van der Waals surface area contributed by atoms with Crippen LogP contribution in [0.2, 0.25) is 0 Å². The molecular weight excluding hydrogens is 370 g/mol. The van der Waals surface area contributed by atoms with Crippen molar-refractivity contribution in [3.05, 3.63) is 64.8 Å². The molecule has 1 aliphatic rings. The summed E-state index contributed by atoms with van der Waals surface area (Å²) in [6, 6.07) is 11.6. The second-order valence-corrected chi connectivity index (χ2v) is 7.25. The molecule has 1 atom stereocenters. The second-order valence-electron chi connectivity index (χ2n) is 7.25. The summed E-state index contributed by atoms with van der Waals surface area (Å²) < 4.78 is 17.8. The third kappa shape index (κ3) is 3.58. The van der Waals surface area contributed by atoms with Crippen LogP contribution in [0.1, 0.15) is 46.0 Å². The normalized spacial score (nSPS) is 16.1. The van der Waals surface area contributed by atoms with Crippen LogP contribution in [0.5, 0.6) is 5.75 Å². The molecule has 2 aromatic carbocycles. The van der Waals surface area contributed by atoms with Crippen molar-refractivity contribution in [2.24, 2.45) is 7.05 Å². The molecule has 0 amide bonds. The summed E-state index contributed by atoms with van der Waals surface area (Å²) in [4.78, 5) is 23.3. The average molecular weight is 393 g/mol. The molecule has 1 fully saturated rings. The molecule has 4 rings (SSSR count). The fraction of sp³-hybridized carbons (Fsp3) is 0.304. The lowest BCUT2D eigenvalue weighted by atomic mass is 9.99. The number of nitrogens with zero attached hydrogens (tertiary/aromatic N) is 1. The number of hydrogen-bond acceptors (Lipinski definition) is 5. The second kappa shape index (κ2) is 7.62. The van der Waals surface area contributed by atoms with Gasteiger partial charge in [-0.05, 0) is 47.4 Å². The summed E-state index contributed by atoms with van der Waals surface area (Å²) >= 11 is 0. The minimum atomic E-state index is -0.393. The lowest BCUT2D eigenvalue weighted by molar-refractivity contribution is -0.141. The molecular formula is C23H23NO5. The van der Waals surface area contributed by atoms with E-state index in [9.17, 15) is 9.59 Å². The van der Waals surface area contributed by atoms with Crippen molar-refractivity contribution in [1.82, 2.24) is 4.57 Å². The van der Waals surface area contributed by atoms with Gasteiger partial charge in [0.15, 0.2) is 0 Å². The molecule has 0 radical (unpaired) electrons. The molecule has 1 unspecified atom stereocenters. The van der Waals surface area contributed by atoms with Crippen LogP contribution in [0, 0.1) is 0 Å². The minimum Gasteiger partial charge on any atom is -0.496 e. The van der Waals surface area contributed by atoms with Gasteiger partial charge in [-0.15, -0.1) is 0 Å². The summed E-state index contributed by atoms with van der Waals surface area (Å²) in [5.74, 6) is 0.111. The number of carbonyl (C=O) groups excluding carboxylic acids is 2. The molecule has 0 aliphatic carbocycles. The van der Waals surface area contributed by atoms with Gasteiger partial charge in [0.05, 0.1) is 19.8 Å². The number of carbonyl (C=O) groups is 2.